The van der Waals surface area contributed by atoms with Crippen molar-refractivity contribution in [3.63, 3.8) is 0 Å². The van der Waals surface area contributed by atoms with Gasteiger partial charge >= 0.3 is 6.98 Å². The van der Waals surface area contributed by atoms with Gasteiger partial charge in [0.2, 0.25) is 0 Å². The Labute approximate surface area is 80.0 Å². The summed E-state index contributed by atoms with van der Waals surface area (Å²) in [5.41, 5.74) is -0.339. The molecular weight excluding hydrogens is 192 g/mol. The molecule has 0 aliphatic carbocycles. The van der Waals surface area contributed by atoms with Crippen LogP contribution in [0.1, 0.15) is 23.7 Å². The van der Waals surface area contributed by atoms with Crippen LogP contribution in [0.5, 0.6) is 0 Å². The molecule has 1 aromatic carbocycles. The molecule has 0 spiro atoms. The molecule has 0 saturated carbocycles. The molecule has 0 N–H and O–H groups in total. The molecule has 14 heavy (non-hydrogen) atoms. The van der Waals surface area contributed by atoms with Crippen molar-refractivity contribution in [2.75, 3.05) is 0 Å². The minimum absolute atomic E-state index is 0.147. The van der Waals surface area contributed by atoms with E-state index in [9.17, 15) is 17.7 Å². The van der Waals surface area contributed by atoms with E-state index in [-0.39, 0.29) is 5.78 Å². The van der Waals surface area contributed by atoms with Crippen LogP contribution >= 0.6 is 0 Å². The van der Waals surface area contributed by atoms with Crippen LogP contribution < -0.4 is 5.46 Å². The van der Waals surface area contributed by atoms with Crippen LogP contribution in [0.4, 0.5) is 12.9 Å². The fraction of sp³-hybridized carbons (Fsp3) is 0.222. The standard InChI is InChI=1S/C9H9BF3O/c1-2-9(14)7-3-5-8(6-4-7)10(11,12)13/h3-6H,2H2,1H3/q-1. The lowest BCUT2D eigenvalue weighted by atomic mass is 9.80. The van der Waals surface area contributed by atoms with Gasteiger partial charge in [-0.1, -0.05) is 31.2 Å². The van der Waals surface area contributed by atoms with Gasteiger partial charge in [-0.05, 0) is 0 Å². The van der Waals surface area contributed by atoms with E-state index in [1.807, 2.05) is 0 Å². The number of carbonyl (C=O) groups is 1. The van der Waals surface area contributed by atoms with Crippen molar-refractivity contribution in [3.05, 3.63) is 29.8 Å². The van der Waals surface area contributed by atoms with Gasteiger partial charge in [-0.25, -0.2) is 0 Å². The van der Waals surface area contributed by atoms with Crippen LogP contribution in [-0.2, 0) is 0 Å². The highest BCUT2D eigenvalue weighted by Crippen LogP contribution is 2.10. The summed E-state index contributed by atoms with van der Waals surface area (Å²) in [7, 11) is 0. The fourth-order valence-corrected chi connectivity index (χ4v) is 1.09. The van der Waals surface area contributed by atoms with E-state index in [4.69, 9.17) is 0 Å². The summed E-state index contributed by atoms with van der Waals surface area (Å²) in [6.45, 7) is -3.29. The molecule has 1 nitrogen and oxygen atoms in total. The summed E-state index contributed by atoms with van der Waals surface area (Å²) in [6.07, 6.45) is 0.302. The molecule has 5 heteroatoms. The first-order chi connectivity index (χ1) is 6.45. The van der Waals surface area contributed by atoms with Crippen molar-refractivity contribution < 1.29 is 17.7 Å². The number of hydrogen-bond donors (Lipinski definition) is 0. The Balaban J connectivity index is 2.95. The van der Waals surface area contributed by atoms with Crippen molar-refractivity contribution in [3.8, 4) is 0 Å². The Bertz CT molecular complexity index is 329. The van der Waals surface area contributed by atoms with E-state index < -0.39 is 12.4 Å². The molecule has 0 fully saturated rings. The summed E-state index contributed by atoms with van der Waals surface area (Å²) in [5, 5.41) is 0. The Morgan fingerprint density at radius 1 is 1.21 bits per heavy atom. The van der Waals surface area contributed by atoms with Gasteiger partial charge in [0.05, 0.1) is 0 Å². The Morgan fingerprint density at radius 2 is 1.71 bits per heavy atom. The molecule has 0 radical (unpaired) electrons. The highest BCUT2D eigenvalue weighted by Gasteiger charge is 2.25. The zero-order valence-corrected chi connectivity index (χ0v) is 7.64. The number of Topliss-reactive ketones (excluding diaryl/α,β-unsaturated/α-hetero) is 1. The van der Waals surface area contributed by atoms with E-state index in [0.29, 0.717) is 12.0 Å². The monoisotopic (exact) mass is 201 g/mol. The molecule has 0 bridgehead atoms. The van der Waals surface area contributed by atoms with Gasteiger partial charge < -0.3 is 12.9 Å². The lowest BCUT2D eigenvalue weighted by molar-refractivity contribution is 0.0988. The van der Waals surface area contributed by atoms with Gasteiger partial charge in [-0.2, -0.15) is 0 Å². The normalized spacial score (nSPS) is 11.4. The van der Waals surface area contributed by atoms with Crippen molar-refractivity contribution in [2.45, 2.75) is 13.3 Å². The summed E-state index contributed by atoms with van der Waals surface area (Å²) in [4.78, 5) is 11.1. The lowest BCUT2D eigenvalue weighted by Gasteiger charge is -2.14. The summed E-state index contributed by atoms with van der Waals surface area (Å²) < 4.78 is 36.5. The average Bonchev–Trinajstić information content (AvgIpc) is 2.15. The molecule has 1 aromatic rings. The Kier molecular flexibility index (Phi) is 2.98. The fourth-order valence-electron chi connectivity index (χ4n) is 1.09. The molecule has 0 aliphatic rings. The second kappa shape index (κ2) is 3.86. The van der Waals surface area contributed by atoms with Crippen molar-refractivity contribution in [1.29, 1.82) is 0 Å². The first-order valence-corrected chi connectivity index (χ1v) is 4.28. The van der Waals surface area contributed by atoms with E-state index in [1.54, 1.807) is 6.92 Å². The van der Waals surface area contributed by atoms with E-state index in [0.717, 1.165) is 12.1 Å². The van der Waals surface area contributed by atoms with Crippen LogP contribution in [-0.4, -0.2) is 12.8 Å². The largest absolute Gasteiger partial charge is 0.509 e. The van der Waals surface area contributed by atoms with E-state index in [1.165, 1.54) is 12.1 Å². The van der Waals surface area contributed by atoms with Crippen LogP contribution in [0.15, 0.2) is 24.3 Å². The van der Waals surface area contributed by atoms with Gasteiger partial charge in [0, 0.05) is 12.0 Å². The van der Waals surface area contributed by atoms with Gasteiger partial charge in [-0.3, -0.25) is 4.79 Å². The summed E-state index contributed by atoms with van der Waals surface area (Å²) in [5.74, 6) is -0.147. The SMILES string of the molecule is CCC(=O)c1ccc([B-](F)(F)F)cc1. The molecule has 0 amide bonds. The minimum atomic E-state index is -4.96. The van der Waals surface area contributed by atoms with Crippen molar-refractivity contribution >= 4 is 18.2 Å². The molecule has 1 rings (SSSR count). The van der Waals surface area contributed by atoms with Gasteiger partial charge in [0.15, 0.2) is 5.78 Å². The number of rotatable bonds is 3. The molecular formula is C9H9BF3O-. The first-order valence-electron chi connectivity index (χ1n) is 4.28. The maximum absolute atomic E-state index is 12.2. The summed E-state index contributed by atoms with van der Waals surface area (Å²) in [6, 6.07) is 4.33. The number of halogens is 3. The molecule has 0 aromatic heterocycles. The topological polar surface area (TPSA) is 17.1 Å². The number of benzene rings is 1. The van der Waals surface area contributed by atoms with Crippen LogP contribution in [0.25, 0.3) is 0 Å². The predicted molar refractivity (Wildman–Crippen MR) is 49.8 cm³/mol. The van der Waals surface area contributed by atoms with Gasteiger partial charge in [0.1, 0.15) is 0 Å². The number of carbonyl (C=O) groups excluding carboxylic acids is 1. The van der Waals surface area contributed by atoms with Crippen LogP contribution in [0.2, 0.25) is 0 Å². The second-order valence-corrected chi connectivity index (χ2v) is 2.97. The third-order valence-corrected chi connectivity index (χ3v) is 1.93. The molecule has 0 saturated heterocycles. The maximum Gasteiger partial charge on any atom is 0.509 e. The predicted octanol–water partition coefficient (Wildman–Crippen LogP) is 2.33. The molecule has 0 atom stereocenters. The third kappa shape index (κ3) is 2.37. The number of ketones is 1. The Hall–Kier alpha value is -1.26. The second-order valence-electron chi connectivity index (χ2n) is 2.97. The van der Waals surface area contributed by atoms with Gasteiger partial charge in [-0.15, -0.1) is 5.46 Å². The van der Waals surface area contributed by atoms with Gasteiger partial charge in [0.25, 0.3) is 0 Å². The average molecular weight is 201 g/mol. The summed E-state index contributed by atoms with van der Waals surface area (Å²) >= 11 is 0. The van der Waals surface area contributed by atoms with Crippen molar-refractivity contribution in [2.24, 2.45) is 0 Å². The van der Waals surface area contributed by atoms with Crippen molar-refractivity contribution in [1.82, 2.24) is 0 Å². The molecule has 76 valence electrons. The smallest absolute Gasteiger partial charge is 0.445 e. The highest BCUT2D eigenvalue weighted by molar-refractivity contribution is 6.73. The van der Waals surface area contributed by atoms with E-state index >= 15 is 0 Å². The quantitative estimate of drug-likeness (QED) is 0.541. The minimum Gasteiger partial charge on any atom is -0.445 e. The highest BCUT2D eigenvalue weighted by atomic mass is 19.4. The third-order valence-electron chi connectivity index (χ3n) is 1.93. The molecule has 0 aliphatic heterocycles. The first kappa shape index (κ1) is 10.8. The maximum atomic E-state index is 12.2. The zero-order valence-electron chi connectivity index (χ0n) is 7.64. The van der Waals surface area contributed by atoms with E-state index in [2.05, 4.69) is 0 Å². The number of hydrogen-bond acceptors (Lipinski definition) is 1. The Morgan fingerprint density at radius 3 is 2.07 bits per heavy atom. The van der Waals surface area contributed by atoms with Crippen LogP contribution in [0, 0.1) is 0 Å². The molecule has 0 unspecified atom stereocenters. The zero-order chi connectivity index (χ0) is 10.8. The molecule has 0 heterocycles. The lowest BCUT2D eigenvalue weighted by Crippen LogP contribution is -2.33. The van der Waals surface area contributed by atoms with Crippen LogP contribution in [0.3, 0.4) is 0 Å².